The van der Waals surface area contributed by atoms with Gasteiger partial charge in [-0.3, -0.25) is 14.4 Å². The summed E-state index contributed by atoms with van der Waals surface area (Å²) in [6, 6.07) is 13.6. The van der Waals surface area contributed by atoms with Crippen LogP contribution in [-0.4, -0.2) is 30.3 Å². The number of carbonyl (C=O) groups excluding carboxylic acids is 3. The number of fused-ring (bicyclic) bond motifs is 1. The number of benzene rings is 2. The van der Waals surface area contributed by atoms with Crippen molar-refractivity contribution in [2.24, 2.45) is 5.73 Å². The van der Waals surface area contributed by atoms with E-state index in [2.05, 4.69) is 10.6 Å². The molecule has 7 nitrogen and oxygen atoms in total. The lowest BCUT2D eigenvalue weighted by molar-refractivity contribution is -0.118. The Morgan fingerprint density at radius 2 is 1.88 bits per heavy atom. The standard InChI is InChI=1S/C19H20N4O3/c1-12-10-17(24)22-15-8-4-5-9-16(15)23(12)18(25)11-21-14-7-3-2-6-13(14)19(20)26/h2-9,12,21H,10-11H2,1H3,(H2,20,26)(H,22,24). The number of carbonyl (C=O) groups is 3. The van der Waals surface area contributed by atoms with Crippen molar-refractivity contribution in [3.8, 4) is 0 Å². The molecule has 1 aliphatic heterocycles. The molecule has 1 heterocycles. The highest BCUT2D eigenvalue weighted by atomic mass is 16.2. The molecule has 2 aromatic carbocycles. The molecule has 0 radical (unpaired) electrons. The second-order valence-electron chi connectivity index (χ2n) is 6.15. The molecule has 2 aromatic rings. The molecule has 0 aliphatic carbocycles. The van der Waals surface area contributed by atoms with E-state index in [0.717, 1.165) is 0 Å². The third kappa shape index (κ3) is 3.51. The van der Waals surface area contributed by atoms with E-state index < -0.39 is 5.91 Å². The number of hydrogen-bond acceptors (Lipinski definition) is 4. The molecule has 26 heavy (non-hydrogen) atoms. The molecular formula is C19H20N4O3. The van der Waals surface area contributed by atoms with Crippen molar-refractivity contribution in [3.05, 3.63) is 54.1 Å². The van der Waals surface area contributed by atoms with Gasteiger partial charge in [0.2, 0.25) is 11.8 Å². The predicted molar refractivity (Wildman–Crippen MR) is 100 cm³/mol. The molecule has 0 fully saturated rings. The highest BCUT2D eigenvalue weighted by Gasteiger charge is 2.29. The number of anilines is 3. The fourth-order valence-corrected chi connectivity index (χ4v) is 3.08. The lowest BCUT2D eigenvalue weighted by Gasteiger charge is -2.28. The molecule has 1 unspecified atom stereocenters. The summed E-state index contributed by atoms with van der Waals surface area (Å²) in [4.78, 5) is 38.0. The van der Waals surface area contributed by atoms with Gasteiger partial charge in [-0.25, -0.2) is 0 Å². The van der Waals surface area contributed by atoms with E-state index in [1.807, 2.05) is 13.0 Å². The molecule has 3 rings (SSSR count). The lowest BCUT2D eigenvalue weighted by Crippen LogP contribution is -2.42. The Morgan fingerprint density at radius 3 is 2.65 bits per heavy atom. The van der Waals surface area contributed by atoms with E-state index in [9.17, 15) is 14.4 Å². The zero-order valence-electron chi connectivity index (χ0n) is 14.4. The molecule has 134 valence electrons. The van der Waals surface area contributed by atoms with Gasteiger partial charge in [0.1, 0.15) is 0 Å². The number of nitrogens with zero attached hydrogens (tertiary/aromatic N) is 1. The SMILES string of the molecule is CC1CC(=O)Nc2ccccc2N1C(=O)CNc1ccccc1C(N)=O. The van der Waals surface area contributed by atoms with Crippen LogP contribution in [0.1, 0.15) is 23.7 Å². The normalized spacial score (nSPS) is 16.3. The molecule has 0 spiro atoms. The van der Waals surface area contributed by atoms with Crippen molar-refractivity contribution in [1.29, 1.82) is 0 Å². The van der Waals surface area contributed by atoms with E-state index in [4.69, 9.17) is 5.73 Å². The van der Waals surface area contributed by atoms with Gasteiger partial charge in [-0.1, -0.05) is 24.3 Å². The Kier molecular flexibility index (Phi) is 4.88. The molecular weight excluding hydrogens is 332 g/mol. The van der Waals surface area contributed by atoms with Crippen molar-refractivity contribution >= 4 is 34.8 Å². The molecule has 1 atom stereocenters. The minimum atomic E-state index is -0.566. The molecule has 0 saturated heterocycles. The number of primary amides is 1. The van der Waals surface area contributed by atoms with Crippen LogP contribution in [0, 0.1) is 0 Å². The zero-order chi connectivity index (χ0) is 18.7. The van der Waals surface area contributed by atoms with Crippen LogP contribution < -0.4 is 21.3 Å². The summed E-state index contributed by atoms with van der Waals surface area (Å²) < 4.78 is 0. The van der Waals surface area contributed by atoms with Crippen molar-refractivity contribution < 1.29 is 14.4 Å². The Hall–Kier alpha value is -3.35. The Balaban J connectivity index is 1.83. The molecule has 3 amide bonds. The summed E-state index contributed by atoms with van der Waals surface area (Å²) in [6.45, 7) is 1.80. The molecule has 1 aliphatic rings. The number of nitrogens with one attached hydrogen (secondary N) is 2. The van der Waals surface area contributed by atoms with Gasteiger partial charge >= 0.3 is 0 Å². The van der Waals surface area contributed by atoms with Crippen molar-refractivity contribution in [3.63, 3.8) is 0 Å². The first kappa shape index (κ1) is 17.5. The fourth-order valence-electron chi connectivity index (χ4n) is 3.08. The van der Waals surface area contributed by atoms with Crippen LogP contribution in [0.4, 0.5) is 17.1 Å². The summed E-state index contributed by atoms with van der Waals surface area (Å²) in [5, 5.41) is 5.80. The van der Waals surface area contributed by atoms with Crippen LogP contribution in [0.3, 0.4) is 0 Å². The van der Waals surface area contributed by atoms with Gasteiger partial charge in [0.05, 0.1) is 23.5 Å². The first-order chi connectivity index (χ1) is 12.5. The Morgan fingerprint density at radius 1 is 1.19 bits per heavy atom. The summed E-state index contributed by atoms with van der Waals surface area (Å²) in [5.74, 6) is -0.906. The largest absolute Gasteiger partial charge is 0.375 e. The second kappa shape index (κ2) is 7.26. The van der Waals surface area contributed by atoms with Gasteiger partial charge < -0.3 is 21.3 Å². The van der Waals surface area contributed by atoms with Gasteiger partial charge in [0, 0.05) is 18.2 Å². The fraction of sp³-hybridized carbons (Fsp3) is 0.211. The van der Waals surface area contributed by atoms with E-state index >= 15 is 0 Å². The molecule has 4 N–H and O–H groups in total. The van der Waals surface area contributed by atoms with Gasteiger partial charge in [0.25, 0.3) is 5.91 Å². The molecule has 0 bridgehead atoms. The van der Waals surface area contributed by atoms with Crippen LogP contribution >= 0.6 is 0 Å². The van der Waals surface area contributed by atoms with E-state index in [1.165, 1.54) is 0 Å². The molecule has 0 saturated carbocycles. The first-order valence-corrected chi connectivity index (χ1v) is 8.31. The predicted octanol–water partition coefficient (Wildman–Crippen LogP) is 1.96. The van der Waals surface area contributed by atoms with Crippen molar-refractivity contribution in [2.75, 3.05) is 22.1 Å². The maximum Gasteiger partial charge on any atom is 0.250 e. The number of para-hydroxylation sites is 3. The smallest absolute Gasteiger partial charge is 0.250 e. The summed E-state index contributed by atoms with van der Waals surface area (Å²) >= 11 is 0. The average Bonchev–Trinajstić information content (AvgIpc) is 2.74. The summed E-state index contributed by atoms with van der Waals surface area (Å²) in [5.41, 5.74) is 7.44. The van der Waals surface area contributed by atoms with E-state index in [1.54, 1.807) is 47.4 Å². The average molecular weight is 352 g/mol. The van der Waals surface area contributed by atoms with Crippen LogP contribution in [0.2, 0.25) is 0 Å². The van der Waals surface area contributed by atoms with Crippen molar-refractivity contribution in [2.45, 2.75) is 19.4 Å². The number of amides is 3. The lowest BCUT2D eigenvalue weighted by atomic mass is 10.1. The zero-order valence-corrected chi connectivity index (χ0v) is 14.4. The highest BCUT2D eigenvalue weighted by molar-refractivity contribution is 6.06. The molecule has 0 aromatic heterocycles. The van der Waals surface area contributed by atoms with Gasteiger partial charge in [0.15, 0.2) is 0 Å². The minimum absolute atomic E-state index is 0.0306. The highest BCUT2D eigenvalue weighted by Crippen LogP contribution is 2.31. The van der Waals surface area contributed by atoms with Crippen LogP contribution in [-0.2, 0) is 9.59 Å². The molecule has 7 heteroatoms. The van der Waals surface area contributed by atoms with Gasteiger partial charge in [-0.15, -0.1) is 0 Å². The quantitative estimate of drug-likeness (QED) is 0.782. The number of rotatable bonds is 4. The maximum absolute atomic E-state index is 12.9. The maximum atomic E-state index is 12.9. The third-order valence-corrected chi connectivity index (χ3v) is 4.25. The van der Waals surface area contributed by atoms with Gasteiger partial charge in [-0.05, 0) is 31.2 Å². The second-order valence-corrected chi connectivity index (χ2v) is 6.15. The third-order valence-electron chi connectivity index (χ3n) is 4.25. The Bertz CT molecular complexity index is 865. The first-order valence-electron chi connectivity index (χ1n) is 8.31. The number of hydrogen-bond donors (Lipinski definition) is 3. The van der Waals surface area contributed by atoms with E-state index in [0.29, 0.717) is 22.6 Å². The van der Waals surface area contributed by atoms with Crippen LogP contribution in [0.5, 0.6) is 0 Å². The van der Waals surface area contributed by atoms with Crippen LogP contribution in [0.15, 0.2) is 48.5 Å². The van der Waals surface area contributed by atoms with Gasteiger partial charge in [-0.2, -0.15) is 0 Å². The van der Waals surface area contributed by atoms with Crippen LogP contribution in [0.25, 0.3) is 0 Å². The van der Waals surface area contributed by atoms with E-state index in [-0.39, 0.29) is 30.8 Å². The summed E-state index contributed by atoms with van der Waals surface area (Å²) in [7, 11) is 0. The Labute approximate surface area is 151 Å². The summed E-state index contributed by atoms with van der Waals surface area (Å²) in [6.07, 6.45) is 0.207. The number of nitrogens with two attached hydrogens (primary N) is 1. The van der Waals surface area contributed by atoms with Crippen molar-refractivity contribution in [1.82, 2.24) is 0 Å². The minimum Gasteiger partial charge on any atom is -0.375 e. The monoisotopic (exact) mass is 352 g/mol. The topological polar surface area (TPSA) is 105 Å².